The lowest BCUT2D eigenvalue weighted by Crippen LogP contribution is -2.29. The van der Waals surface area contributed by atoms with Crippen molar-refractivity contribution in [1.29, 1.82) is 0 Å². The molecular formula is C15H19N3. The lowest BCUT2D eigenvalue weighted by molar-refractivity contribution is 0.516. The molecule has 0 atom stereocenters. The Morgan fingerprint density at radius 2 is 2.00 bits per heavy atom. The van der Waals surface area contributed by atoms with E-state index in [0.717, 1.165) is 25.9 Å². The molecular weight excluding hydrogens is 222 g/mol. The Labute approximate surface area is 108 Å². The SMILES string of the molecule is CCn1cncc1CNC1Cc2ccccc2C1. The van der Waals surface area contributed by atoms with Crippen molar-refractivity contribution >= 4 is 0 Å². The maximum absolute atomic E-state index is 4.20. The van der Waals surface area contributed by atoms with Gasteiger partial charge in [-0.2, -0.15) is 0 Å². The van der Waals surface area contributed by atoms with Gasteiger partial charge in [0.15, 0.2) is 0 Å². The molecule has 0 aliphatic heterocycles. The van der Waals surface area contributed by atoms with Crippen LogP contribution >= 0.6 is 0 Å². The monoisotopic (exact) mass is 241 g/mol. The lowest BCUT2D eigenvalue weighted by atomic mass is 10.1. The van der Waals surface area contributed by atoms with Crippen LogP contribution in [0.25, 0.3) is 0 Å². The molecule has 1 heterocycles. The highest BCUT2D eigenvalue weighted by Gasteiger charge is 2.20. The van der Waals surface area contributed by atoms with E-state index in [2.05, 4.69) is 46.1 Å². The summed E-state index contributed by atoms with van der Waals surface area (Å²) in [5, 5.41) is 3.64. The molecule has 0 radical (unpaired) electrons. The number of aromatic nitrogens is 2. The Morgan fingerprint density at radius 1 is 1.28 bits per heavy atom. The van der Waals surface area contributed by atoms with Crippen LogP contribution in [-0.4, -0.2) is 15.6 Å². The van der Waals surface area contributed by atoms with E-state index in [1.165, 1.54) is 16.8 Å². The second-order valence-electron chi connectivity index (χ2n) is 4.93. The highest BCUT2D eigenvalue weighted by atomic mass is 15.1. The summed E-state index contributed by atoms with van der Waals surface area (Å²) >= 11 is 0. The number of fused-ring (bicyclic) bond motifs is 1. The van der Waals surface area contributed by atoms with E-state index in [1.54, 1.807) is 0 Å². The molecule has 0 unspecified atom stereocenters. The molecule has 3 heteroatoms. The number of nitrogens with one attached hydrogen (secondary N) is 1. The topological polar surface area (TPSA) is 29.9 Å². The number of hydrogen-bond donors (Lipinski definition) is 1. The van der Waals surface area contributed by atoms with Gasteiger partial charge in [-0.1, -0.05) is 24.3 Å². The first-order valence-corrected chi connectivity index (χ1v) is 6.66. The number of hydrogen-bond acceptors (Lipinski definition) is 2. The fraction of sp³-hybridized carbons (Fsp3) is 0.400. The summed E-state index contributed by atoms with van der Waals surface area (Å²) in [6, 6.07) is 9.32. The zero-order valence-corrected chi connectivity index (χ0v) is 10.8. The smallest absolute Gasteiger partial charge is 0.0948 e. The second-order valence-corrected chi connectivity index (χ2v) is 4.93. The zero-order chi connectivity index (χ0) is 12.4. The molecule has 0 saturated heterocycles. The summed E-state index contributed by atoms with van der Waals surface area (Å²) in [5.41, 5.74) is 4.27. The Morgan fingerprint density at radius 3 is 2.67 bits per heavy atom. The van der Waals surface area contributed by atoms with Crippen LogP contribution in [0.3, 0.4) is 0 Å². The number of imidazole rings is 1. The molecule has 94 valence electrons. The van der Waals surface area contributed by atoms with Gasteiger partial charge in [0.05, 0.1) is 12.0 Å². The molecule has 1 aliphatic carbocycles. The molecule has 3 rings (SSSR count). The maximum Gasteiger partial charge on any atom is 0.0948 e. The molecule has 0 spiro atoms. The molecule has 1 N–H and O–H groups in total. The zero-order valence-electron chi connectivity index (χ0n) is 10.8. The van der Waals surface area contributed by atoms with Gasteiger partial charge in [0.2, 0.25) is 0 Å². The van der Waals surface area contributed by atoms with Crippen molar-refractivity contribution in [2.24, 2.45) is 0 Å². The van der Waals surface area contributed by atoms with Gasteiger partial charge in [-0.05, 0) is 30.9 Å². The van der Waals surface area contributed by atoms with Crippen LogP contribution in [0.1, 0.15) is 23.7 Å². The highest BCUT2D eigenvalue weighted by molar-refractivity contribution is 5.33. The van der Waals surface area contributed by atoms with Crippen molar-refractivity contribution in [3.05, 3.63) is 53.6 Å². The van der Waals surface area contributed by atoms with E-state index in [-0.39, 0.29) is 0 Å². The molecule has 1 aromatic carbocycles. The van der Waals surface area contributed by atoms with Crippen LogP contribution in [0.2, 0.25) is 0 Å². The molecule has 18 heavy (non-hydrogen) atoms. The van der Waals surface area contributed by atoms with E-state index in [9.17, 15) is 0 Å². The van der Waals surface area contributed by atoms with Crippen LogP contribution in [0.5, 0.6) is 0 Å². The summed E-state index contributed by atoms with van der Waals surface area (Å²) in [6.45, 7) is 4.05. The average molecular weight is 241 g/mol. The van der Waals surface area contributed by atoms with E-state index < -0.39 is 0 Å². The first-order valence-electron chi connectivity index (χ1n) is 6.66. The van der Waals surface area contributed by atoms with Gasteiger partial charge >= 0.3 is 0 Å². The highest BCUT2D eigenvalue weighted by Crippen LogP contribution is 2.21. The van der Waals surface area contributed by atoms with Crippen molar-refractivity contribution < 1.29 is 0 Å². The Hall–Kier alpha value is -1.61. The standard InChI is InChI=1S/C15H19N3/c1-2-18-11-16-9-15(18)10-17-14-7-12-5-3-4-6-13(12)8-14/h3-6,9,11,14,17H,2,7-8,10H2,1H3. The third-order valence-corrected chi connectivity index (χ3v) is 3.76. The Kier molecular flexibility index (Phi) is 3.15. The molecule has 3 nitrogen and oxygen atoms in total. The molecule has 0 fully saturated rings. The normalized spacial score (nSPS) is 14.9. The predicted octanol–water partition coefficient (Wildman–Crippen LogP) is 2.16. The van der Waals surface area contributed by atoms with Gasteiger partial charge in [0, 0.05) is 25.3 Å². The third-order valence-electron chi connectivity index (χ3n) is 3.76. The summed E-state index contributed by atoms with van der Waals surface area (Å²) in [6.07, 6.45) is 6.16. The predicted molar refractivity (Wildman–Crippen MR) is 72.4 cm³/mol. The van der Waals surface area contributed by atoms with Gasteiger partial charge in [0.25, 0.3) is 0 Å². The van der Waals surface area contributed by atoms with Crippen LogP contribution in [0, 0.1) is 0 Å². The van der Waals surface area contributed by atoms with E-state index in [1.807, 2.05) is 12.5 Å². The largest absolute Gasteiger partial charge is 0.334 e. The molecule has 0 amide bonds. The number of benzene rings is 1. The number of aryl methyl sites for hydroxylation is 1. The average Bonchev–Trinajstić information content (AvgIpc) is 3.01. The van der Waals surface area contributed by atoms with Gasteiger partial charge in [0.1, 0.15) is 0 Å². The maximum atomic E-state index is 4.20. The first-order chi connectivity index (χ1) is 8.86. The van der Waals surface area contributed by atoms with Crippen molar-refractivity contribution in [3.8, 4) is 0 Å². The van der Waals surface area contributed by atoms with Crippen molar-refractivity contribution in [2.45, 2.75) is 38.9 Å². The minimum atomic E-state index is 0.572. The van der Waals surface area contributed by atoms with Crippen molar-refractivity contribution in [3.63, 3.8) is 0 Å². The van der Waals surface area contributed by atoms with Gasteiger partial charge < -0.3 is 9.88 Å². The van der Waals surface area contributed by atoms with E-state index in [4.69, 9.17) is 0 Å². The first kappa shape index (κ1) is 11.5. The summed E-state index contributed by atoms with van der Waals surface area (Å²) in [4.78, 5) is 4.20. The minimum absolute atomic E-state index is 0.572. The molecule has 2 aromatic rings. The summed E-state index contributed by atoms with van der Waals surface area (Å²) < 4.78 is 2.19. The van der Waals surface area contributed by atoms with Crippen molar-refractivity contribution in [1.82, 2.24) is 14.9 Å². The summed E-state index contributed by atoms with van der Waals surface area (Å²) in [7, 11) is 0. The minimum Gasteiger partial charge on any atom is -0.334 e. The molecule has 1 aromatic heterocycles. The van der Waals surface area contributed by atoms with Gasteiger partial charge in [-0.3, -0.25) is 0 Å². The third kappa shape index (κ3) is 2.18. The van der Waals surface area contributed by atoms with Crippen LogP contribution < -0.4 is 5.32 Å². The quantitative estimate of drug-likeness (QED) is 0.889. The Bertz CT molecular complexity index is 505. The van der Waals surface area contributed by atoms with Gasteiger partial charge in [-0.15, -0.1) is 0 Å². The Balaban J connectivity index is 1.60. The molecule has 1 aliphatic rings. The van der Waals surface area contributed by atoms with Crippen LogP contribution in [0.4, 0.5) is 0 Å². The van der Waals surface area contributed by atoms with E-state index >= 15 is 0 Å². The van der Waals surface area contributed by atoms with Gasteiger partial charge in [-0.25, -0.2) is 4.98 Å². The molecule has 0 saturated carbocycles. The van der Waals surface area contributed by atoms with Crippen LogP contribution in [-0.2, 0) is 25.9 Å². The fourth-order valence-electron chi connectivity index (χ4n) is 2.73. The van der Waals surface area contributed by atoms with Crippen molar-refractivity contribution in [2.75, 3.05) is 0 Å². The van der Waals surface area contributed by atoms with Crippen LogP contribution in [0.15, 0.2) is 36.8 Å². The number of nitrogens with zero attached hydrogens (tertiary/aromatic N) is 2. The lowest BCUT2D eigenvalue weighted by Gasteiger charge is -2.12. The van der Waals surface area contributed by atoms with E-state index in [0.29, 0.717) is 6.04 Å². The summed E-state index contributed by atoms with van der Waals surface area (Å²) in [5.74, 6) is 0. The number of rotatable bonds is 4. The fourth-order valence-corrected chi connectivity index (χ4v) is 2.73. The second kappa shape index (κ2) is 4.94. The molecule has 0 bridgehead atoms.